The van der Waals surface area contributed by atoms with Crippen molar-refractivity contribution >= 4 is 5.91 Å². The molecule has 1 amide bonds. The first-order valence-electron chi connectivity index (χ1n) is 8.20. The summed E-state index contributed by atoms with van der Waals surface area (Å²) < 4.78 is 38.4. The fourth-order valence-electron chi connectivity index (χ4n) is 2.93. The van der Waals surface area contributed by atoms with E-state index in [0.29, 0.717) is 11.6 Å². The van der Waals surface area contributed by atoms with Crippen LogP contribution in [0.5, 0.6) is 5.75 Å². The Morgan fingerprint density at radius 1 is 1.32 bits per heavy atom. The summed E-state index contributed by atoms with van der Waals surface area (Å²) in [7, 11) is 0. The van der Waals surface area contributed by atoms with Gasteiger partial charge >= 0.3 is 0 Å². The lowest BCUT2D eigenvalue weighted by molar-refractivity contribution is -0.135. The number of para-hydroxylation sites is 1. The van der Waals surface area contributed by atoms with Crippen LogP contribution >= 0.6 is 0 Å². The number of rotatable bonds is 5. The van der Waals surface area contributed by atoms with Crippen LogP contribution in [0, 0.1) is 0 Å². The zero-order valence-corrected chi connectivity index (χ0v) is 13.4. The van der Waals surface area contributed by atoms with E-state index in [0.717, 1.165) is 17.7 Å². The molecule has 1 saturated carbocycles. The van der Waals surface area contributed by atoms with Crippen molar-refractivity contribution in [3.63, 3.8) is 0 Å². The molecule has 132 valence electrons. The zero-order valence-electron chi connectivity index (χ0n) is 13.4. The van der Waals surface area contributed by atoms with E-state index in [-0.39, 0.29) is 18.4 Å². The van der Waals surface area contributed by atoms with Crippen LogP contribution in [-0.4, -0.2) is 40.0 Å². The summed E-state index contributed by atoms with van der Waals surface area (Å²) in [5, 5.41) is 3.86. The summed E-state index contributed by atoms with van der Waals surface area (Å²) >= 11 is 0. The van der Waals surface area contributed by atoms with Crippen LogP contribution in [0.3, 0.4) is 0 Å². The van der Waals surface area contributed by atoms with Crippen molar-refractivity contribution in [3.8, 4) is 5.75 Å². The Hall–Kier alpha value is -2.51. The Morgan fingerprint density at radius 2 is 2.08 bits per heavy atom. The number of carbonyl (C=O) groups excluding carboxylic acids is 1. The molecule has 6 nitrogen and oxygen atoms in total. The Balaban J connectivity index is 1.47. The third-order valence-corrected chi connectivity index (χ3v) is 4.38. The van der Waals surface area contributed by atoms with Gasteiger partial charge in [0.25, 0.3) is 11.8 Å². The smallest absolute Gasteiger partial charge is 0.267 e. The molecule has 0 spiro atoms. The van der Waals surface area contributed by atoms with Gasteiger partial charge in [0.1, 0.15) is 11.8 Å². The second-order valence-electron chi connectivity index (χ2n) is 6.46. The number of hydrogen-bond donors (Lipinski definition) is 0. The van der Waals surface area contributed by atoms with Gasteiger partial charge in [-0.15, -0.1) is 0 Å². The molecule has 0 unspecified atom stereocenters. The highest BCUT2D eigenvalue weighted by molar-refractivity contribution is 5.78. The van der Waals surface area contributed by atoms with Gasteiger partial charge in [0.15, 0.2) is 12.4 Å². The van der Waals surface area contributed by atoms with Crippen LogP contribution in [0.15, 0.2) is 34.9 Å². The molecule has 1 aliphatic heterocycles. The molecule has 8 heteroatoms. The lowest BCUT2D eigenvalue weighted by atomic mass is 10.2. The van der Waals surface area contributed by atoms with Crippen molar-refractivity contribution in [2.75, 3.05) is 13.2 Å². The number of hydrogen-bond acceptors (Lipinski definition) is 5. The van der Waals surface area contributed by atoms with Gasteiger partial charge in [-0.1, -0.05) is 23.4 Å². The highest BCUT2D eigenvalue weighted by Gasteiger charge is 2.50. The quantitative estimate of drug-likeness (QED) is 0.830. The molecule has 0 N–H and O–H groups in total. The highest BCUT2D eigenvalue weighted by Crippen LogP contribution is 2.43. The van der Waals surface area contributed by atoms with Gasteiger partial charge in [-0.25, -0.2) is 8.78 Å². The van der Waals surface area contributed by atoms with E-state index in [9.17, 15) is 13.6 Å². The van der Waals surface area contributed by atoms with Gasteiger partial charge in [0.2, 0.25) is 5.89 Å². The molecular formula is C17H17F2N3O3. The number of likely N-dealkylation sites (tertiary alicyclic amines) is 1. The largest absolute Gasteiger partial charge is 0.484 e. The first-order chi connectivity index (χ1) is 12.0. The third kappa shape index (κ3) is 3.47. The summed E-state index contributed by atoms with van der Waals surface area (Å²) in [6.07, 6.45) is 1.44. The van der Waals surface area contributed by atoms with Gasteiger partial charge in [-0.2, -0.15) is 4.98 Å². The number of carbonyl (C=O) groups is 1. The maximum atomic E-state index is 13.9. The number of amides is 1. The Bertz CT molecular complexity index is 762. The van der Waals surface area contributed by atoms with Gasteiger partial charge in [-0.3, -0.25) is 4.79 Å². The zero-order chi connectivity index (χ0) is 17.4. The molecule has 1 atom stereocenters. The van der Waals surface area contributed by atoms with E-state index >= 15 is 0 Å². The summed E-state index contributed by atoms with van der Waals surface area (Å²) in [6, 6.07) is 7.84. The molecule has 1 saturated heterocycles. The number of benzene rings is 1. The average Bonchev–Trinajstić information content (AvgIpc) is 3.24. The number of nitrogens with zero attached hydrogens (tertiary/aromatic N) is 3. The van der Waals surface area contributed by atoms with Crippen molar-refractivity contribution in [2.24, 2.45) is 0 Å². The van der Waals surface area contributed by atoms with Crippen LogP contribution in [0.4, 0.5) is 8.78 Å². The number of aromatic nitrogens is 2. The van der Waals surface area contributed by atoms with Crippen LogP contribution < -0.4 is 4.74 Å². The topological polar surface area (TPSA) is 68.5 Å². The summed E-state index contributed by atoms with van der Waals surface area (Å²) in [5.74, 6) is -2.14. The van der Waals surface area contributed by atoms with Crippen molar-refractivity contribution < 1.29 is 22.8 Å². The van der Waals surface area contributed by atoms with Crippen LogP contribution in [0.1, 0.15) is 42.9 Å². The second-order valence-corrected chi connectivity index (χ2v) is 6.46. The summed E-state index contributed by atoms with van der Waals surface area (Å²) in [4.78, 5) is 17.7. The average molecular weight is 349 g/mol. The monoisotopic (exact) mass is 349 g/mol. The van der Waals surface area contributed by atoms with Crippen LogP contribution in [0.25, 0.3) is 0 Å². The first-order valence-corrected chi connectivity index (χ1v) is 8.20. The third-order valence-electron chi connectivity index (χ3n) is 4.38. The van der Waals surface area contributed by atoms with Crippen LogP contribution in [0.2, 0.25) is 0 Å². The van der Waals surface area contributed by atoms with Gasteiger partial charge < -0.3 is 14.2 Å². The minimum absolute atomic E-state index is 0.0761. The first kappa shape index (κ1) is 16.0. The number of halogens is 2. The molecule has 2 aliphatic rings. The SMILES string of the molecule is O=C(COc1ccccc1)N1CC(F)(F)C[C@H]1c1nc(C2CC2)no1. The molecule has 25 heavy (non-hydrogen) atoms. The number of alkyl halides is 2. The van der Waals surface area contributed by atoms with Crippen molar-refractivity contribution in [3.05, 3.63) is 42.0 Å². The normalized spacial score (nSPS) is 22.2. The van der Waals surface area contributed by atoms with Crippen molar-refractivity contribution in [1.29, 1.82) is 0 Å². The van der Waals surface area contributed by atoms with Gasteiger partial charge in [0, 0.05) is 12.3 Å². The molecule has 1 aromatic carbocycles. The fourth-order valence-corrected chi connectivity index (χ4v) is 2.93. The Morgan fingerprint density at radius 3 is 2.80 bits per heavy atom. The molecule has 1 aliphatic carbocycles. The molecule has 2 heterocycles. The predicted molar refractivity (Wildman–Crippen MR) is 82.2 cm³/mol. The fraction of sp³-hybridized carbons (Fsp3) is 0.471. The van der Waals surface area contributed by atoms with Crippen molar-refractivity contribution in [2.45, 2.75) is 37.1 Å². The van der Waals surface area contributed by atoms with Gasteiger partial charge in [-0.05, 0) is 25.0 Å². The van der Waals surface area contributed by atoms with Gasteiger partial charge in [0.05, 0.1) is 6.54 Å². The summed E-state index contributed by atoms with van der Waals surface area (Å²) in [5.41, 5.74) is 0. The minimum Gasteiger partial charge on any atom is -0.484 e. The maximum absolute atomic E-state index is 13.9. The molecule has 2 aromatic rings. The maximum Gasteiger partial charge on any atom is 0.267 e. The molecule has 0 radical (unpaired) electrons. The van der Waals surface area contributed by atoms with E-state index in [1.165, 1.54) is 0 Å². The lowest BCUT2D eigenvalue weighted by Gasteiger charge is -2.21. The Labute approximate surface area is 142 Å². The van der Waals surface area contributed by atoms with E-state index in [2.05, 4.69) is 10.1 Å². The highest BCUT2D eigenvalue weighted by atomic mass is 19.3. The molecule has 4 rings (SSSR count). The molecule has 2 fully saturated rings. The van der Waals surface area contributed by atoms with E-state index in [1.807, 2.05) is 6.07 Å². The summed E-state index contributed by atoms with van der Waals surface area (Å²) in [6.45, 7) is -0.990. The standard InChI is InChI=1S/C17H17F2N3O3/c18-17(19)8-13(16-20-15(21-25-16)11-6-7-11)22(10-17)14(23)9-24-12-4-2-1-3-5-12/h1-5,11,13H,6-10H2/t13-/m0/s1. The predicted octanol–water partition coefficient (Wildman–Crippen LogP) is 2.93. The molecule has 1 aromatic heterocycles. The molecular weight excluding hydrogens is 332 g/mol. The van der Waals surface area contributed by atoms with E-state index < -0.39 is 30.8 Å². The minimum atomic E-state index is -2.98. The van der Waals surface area contributed by atoms with E-state index in [4.69, 9.17) is 9.26 Å². The Kier molecular flexibility index (Phi) is 3.89. The van der Waals surface area contributed by atoms with Crippen LogP contribution in [-0.2, 0) is 4.79 Å². The molecule has 0 bridgehead atoms. The number of ether oxygens (including phenoxy) is 1. The second kappa shape index (κ2) is 6.09. The lowest BCUT2D eigenvalue weighted by Crippen LogP contribution is -2.36. The van der Waals surface area contributed by atoms with Crippen molar-refractivity contribution in [1.82, 2.24) is 15.0 Å². The van der Waals surface area contributed by atoms with E-state index in [1.54, 1.807) is 24.3 Å².